The molecule has 0 saturated carbocycles. The third-order valence-corrected chi connectivity index (χ3v) is 2.74. The molecule has 0 bridgehead atoms. The average molecular weight is 268 g/mol. The first-order chi connectivity index (χ1) is 7.47. The van der Waals surface area contributed by atoms with Crippen LogP contribution >= 0.6 is 12.4 Å². The molecule has 0 unspecified atom stereocenters. The molecule has 0 aromatic heterocycles. The summed E-state index contributed by atoms with van der Waals surface area (Å²) in [5.74, 6) is -0.111. The summed E-state index contributed by atoms with van der Waals surface area (Å²) >= 11 is 0. The number of halogens is 4. The lowest BCUT2D eigenvalue weighted by molar-refractivity contribution is -0.274. The zero-order valence-electron chi connectivity index (χ0n) is 8.96. The normalized spacial score (nSPS) is 19.2. The minimum Gasteiger partial charge on any atom is -0.405 e. The van der Waals surface area contributed by atoms with Gasteiger partial charge in [0, 0.05) is 6.04 Å². The highest BCUT2D eigenvalue weighted by Crippen LogP contribution is 2.36. The molecule has 0 fully saturated rings. The van der Waals surface area contributed by atoms with E-state index in [0.717, 1.165) is 18.4 Å². The highest BCUT2D eigenvalue weighted by atomic mass is 35.5. The Hall–Kier alpha value is -0.940. The molecule has 1 aliphatic carbocycles. The largest absolute Gasteiger partial charge is 0.573 e. The maximum Gasteiger partial charge on any atom is 0.573 e. The Kier molecular flexibility index (Phi) is 4.27. The number of fused-ring (bicyclic) bond motifs is 1. The van der Waals surface area contributed by atoms with Crippen LogP contribution in [0.1, 0.15) is 30.0 Å². The van der Waals surface area contributed by atoms with Gasteiger partial charge in [0.25, 0.3) is 0 Å². The van der Waals surface area contributed by atoms with Gasteiger partial charge in [0.05, 0.1) is 0 Å². The Bertz CT molecular complexity index is 395. The fraction of sp³-hybridized carbons (Fsp3) is 0.455. The van der Waals surface area contributed by atoms with Gasteiger partial charge in [-0.15, -0.1) is 25.6 Å². The topological polar surface area (TPSA) is 35.2 Å². The Morgan fingerprint density at radius 3 is 2.65 bits per heavy atom. The van der Waals surface area contributed by atoms with Crippen molar-refractivity contribution in [3.05, 3.63) is 29.3 Å². The lowest BCUT2D eigenvalue weighted by Gasteiger charge is -2.24. The van der Waals surface area contributed by atoms with Crippen LogP contribution in [0.15, 0.2) is 18.2 Å². The number of hydrogen-bond donors (Lipinski definition) is 1. The van der Waals surface area contributed by atoms with E-state index < -0.39 is 6.36 Å². The number of hydrogen-bond acceptors (Lipinski definition) is 2. The van der Waals surface area contributed by atoms with Crippen LogP contribution in [0.4, 0.5) is 13.2 Å². The van der Waals surface area contributed by atoms with Gasteiger partial charge in [0.15, 0.2) is 0 Å². The van der Waals surface area contributed by atoms with Crippen molar-refractivity contribution in [1.82, 2.24) is 0 Å². The summed E-state index contributed by atoms with van der Waals surface area (Å²) in [7, 11) is 0. The molecule has 6 heteroatoms. The molecular formula is C11H13ClF3NO. The predicted molar refractivity (Wildman–Crippen MR) is 60.2 cm³/mol. The van der Waals surface area contributed by atoms with Crippen molar-refractivity contribution in [3.63, 3.8) is 0 Å². The van der Waals surface area contributed by atoms with Crippen LogP contribution in [0.25, 0.3) is 0 Å². The summed E-state index contributed by atoms with van der Waals surface area (Å²) in [6.45, 7) is 0. The third kappa shape index (κ3) is 3.26. The van der Waals surface area contributed by atoms with E-state index in [1.54, 1.807) is 12.1 Å². The van der Waals surface area contributed by atoms with Crippen molar-refractivity contribution in [3.8, 4) is 5.75 Å². The standard InChI is InChI=1S/C11H12F3NO.ClH/c12-11(13,14)16-10-6-2-3-7-8(10)4-1-5-9(7)15;/h2-3,6,9H,1,4-5,15H2;1H/t9-;/m1./s1. The Morgan fingerprint density at radius 2 is 2.00 bits per heavy atom. The molecule has 0 saturated heterocycles. The average Bonchev–Trinajstić information content (AvgIpc) is 2.17. The fourth-order valence-electron chi connectivity index (χ4n) is 2.07. The highest BCUT2D eigenvalue weighted by molar-refractivity contribution is 5.85. The van der Waals surface area contributed by atoms with E-state index in [1.807, 2.05) is 0 Å². The maximum atomic E-state index is 12.2. The van der Waals surface area contributed by atoms with Gasteiger partial charge in [0.1, 0.15) is 5.75 Å². The van der Waals surface area contributed by atoms with Crippen LogP contribution in [0, 0.1) is 0 Å². The number of rotatable bonds is 1. The quantitative estimate of drug-likeness (QED) is 0.847. The van der Waals surface area contributed by atoms with Crippen LogP contribution in [-0.4, -0.2) is 6.36 Å². The van der Waals surface area contributed by atoms with Gasteiger partial charge in [-0.2, -0.15) is 0 Å². The molecule has 0 amide bonds. The Morgan fingerprint density at radius 1 is 1.29 bits per heavy atom. The zero-order valence-corrected chi connectivity index (χ0v) is 9.77. The van der Waals surface area contributed by atoms with Crippen molar-refractivity contribution < 1.29 is 17.9 Å². The van der Waals surface area contributed by atoms with E-state index in [2.05, 4.69) is 4.74 Å². The summed E-state index contributed by atoms with van der Waals surface area (Å²) in [5, 5.41) is 0. The fourth-order valence-corrected chi connectivity index (χ4v) is 2.07. The Labute approximate surface area is 103 Å². The van der Waals surface area contributed by atoms with Crippen LogP contribution < -0.4 is 10.5 Å². The Balaban J connectivity index is 0.00000144. The van der Waals surface area contributed by atoms with Crippen LogP contribution in [0.2, 0.25) is 0 Å². The first kappa shape index (κ1) is 14.1. The minimum absolute atomic E-state index is 0. The molecule has 1 aromatic carbocycles. The van der Waals surface area contributed by atoms with Crippen LogP contribution in [0.5, 0.6) is 5.75 Å². The van der Waals surface area contributed by atoms with Gasteiger partial charge < -0.3 is 10.5 Å². The van der Waals surface area contributed by atoms with Crippen molar-refractivity contribution >= 4 is 12.4 Å². The monoisotopic (exact) mass is 267 g/mol. The van der Waals surface area contributed by atoms with Crippen molar-refractivity contribution in [2.24, 2.45) is 5.73 Å². The molecule has 96 valence electrons. The van der Waals surface area contributed by atoms with Crippen LogP contribution in [-0.2, 0) is 6.42 Å². The summed E-state index contributed by atoms with van der Waals surface area (Å²) < 4.78 is 40.5. The van der Waals surface area contributed by atoms with Gasteiger partial charge in [-0.3, -0.25) is 0 Å². The molecule has 1 atom stereocenters. The highest BCUT2D eigenvalue weighted by Gasteiger charge is 2.33. The maximum absolute atomic E-state index is 12.2. The lowest BCUT2D eigenvalue weighted by Crippen LogP contribution is -2.22. The minimum atomic E-state index is -4.64. The molecular weight excluding hydrogens is 255 g/mol. The second-order valence-electron chi connectivity index (χ2n) is 3.87. The molecule has 0 spiro atoms. The summed E-state index contributed by atoms with van der Waals surface area (Å²) in [4.78, 5) is 0. The number of alkyl halides is 3. The molecule has 0 heterocycles. The number of benzene rings is 1. The second kappa shape index (κ2) is 5.14. The molecule has 17 heavy (non-hydrogen) atoms. The van der Waals surface area contributed by atoms with Crippen molar-refractivity contribution in [2.75, 3.05) is 0 Å². The van der Waals surface area contributed by atoms with E-state index in [0.29, 0.717) is 12.0 Å². The zero-order chi connectivity index (χ0) is 11.8. The SMILES string of the molecule is Cl.N[C@@H]1CCCc2c(OC(F)(F)F)cccc21. The summed E-state index contributed by atoms with van der Waals surface area (Å²) in [6.07, 6.45) is -2.44. The molecule has 1 aromatic rings. The molecule has 2 nitrogen and oxygen atoms in total. The molecule has 2 N–H and O–H groups in total. The van der Waals surface area contributed by atoms with E-state index in [-0.39, 0.29) is 24.2 Å². The van der Waals surface area contributed by atoms with Crippen LogP contribution in [0.3, 0.4) is 0 Å². The second-order valence-corrected chi connectivity index (χ2v) is 3.87. The lowest BCUT2D eigenvalue weighted by atomic mass is 9.88. The van der Waals surface area contributed by atoms with E-state index in [1.165, 1.54) is 6.07 Å². The molecule has 2 rings (SSSR count). The van der Waals surface area contributed by atoms with Gasteiger partial charge in [0.2, 0.25) is 0 Å². The summed E-state index contributed by atoms with van der Waals surface area (Å²) in [5.41, 5.74) is 7.21. The number of nitrogens with two attached hydrogens (primary N) is 1. The van der Waals surface area contributed by atoms with E-state index >= 15 is 0 Å². The van der Waals surface area contributed by atoms with Crippen molar-refractivity contribution in [2.45, 2.75) is 31.7 Å². The van der Waals surface area contributed by atoms with Gasteiger partial charge >= 0.3 is 6.36 Å². The molecule has 0 radical (unpaired) electrons. The first-order valence-electron chi connectivity index (χ1n) is 5.10. The van der Waals surface area contributed by atoms with Gasteiger partial charge in [-0.05, 0) is 36.5 Å². The molecule has 1 aliphatic rings. The smallest absolute Gasteiger partial charge is 0.405 e. The molecule has 0 aliphatic heterocycles. The van der Waals surface area contributed by atoms with Gasteiger partial charge in [-0.25, -0.2) is 0 Å². The van der Waals surface area contributed by atoms with Crippen molar-refractivity contribution in [1.29, 1.82) is 0 Å². The van der Waals surface area contributed by atoms with E-state index in [4.69, 9.17) is 5.73 Å². The predicted octanol–water partition coefficient (Wildman–Crippen LogP) is 3.34. The third-order valence-electron chi connectivity index (χ3n) is 2.74. The first-order valence-corrected chi connectivity index (χ1v) is 5.10. The number of ether oxygens (including phenoxy) is 1. The summed E-state index contributed by atoms with van der Waals surface area (Å²) in [6, 6.07) is 4.47. The van der Waals surface area contributed by atoms with Gasteiger partial charge in [-0.1, -0.05) is 12.1 Å². The van der Waals surface area contributed by atoms with E-state index in [9.17, 15) is 13.2 Å².